The summed E-state index contributed by atoms with van der Waals surface area (Å²) < 4.78 is 25.9. The molecule has 0 spiro atoms. The fourth-order valence-electron chi connectivity index (χ4n) is 1.80. The third-order valence-electron chi connectivity index (χ3n) is 2.71. The number of benzene rings is 2. The van der Waals surface area contributed by atoms with Crippen LogP contribution in [0.1, 0.15) is 0 Å². The molecule has 3 rings (SSSR count). The van der Waals surface area contributed by atoms with Crippen LogP contribution in [0.2, 0.25) is 5.02 Å². The highest BCUT2D eigenvalue weighted by Crippen LogP contribution is 2.26. The number of aromatic amines is 1. The predicted molar refractivity (Wildman–Crippen MR) is 70.7 cm³/mol. The fraction of sp³-hybridized carbons (Fsp3) is 0. The van der Waals surface area contributed by atoms with Gasteiger partial charge in [-0.2, -0.15) is 5.10 Å². The molecule has 0 unspecified atom stereocenters. The number of aromatic nitrogens is 2. The van der Waals surface area contributed by atoms with E-state index in [0.717, 1.165) is 23.0 Å². The van der Waals surface area contributed by atoms with Gasteiger partial charge in [-0.05, 0) is 30.3 Å². The Morgan fingerprint density at radius 1 is 1.05 bits per heavy atom. The Morgan fingerprint density at radius 3 is 2.68 bits per heavy atom. The molecule has 0 aliphatic heterocycles. The molecule has 0 aliphatic carbocycles. The molecule has 3 aromatic rings. The van der Waals surface area contributed by atoms with Crippen molar-refractivity contribution in [2.45, 2.75) is 0 Å². The quantitative estimate of drug-likeness (QED) is 0.737. The summed E-state index contributed by atoms with van der Waals surface area (Å²) in [6, 6.07) is 8.84. The zero-order valence-electron chi connectivity index (χ0n) is 9.55. The second-order valence-corrected chi connectivity index (χ2v) is 4.45. The van der Waals surface area contributed by atoms with Crippen molar-refractivity contribution in [3.8, 4) is 0 Å². The van der Waals surface area contributed by atoms with Gasteiger partial charge in [0.2, 0.25) is 0 Å². The van der Waals surface area contributed by atoms with Gasteiger partial charge in [-0.25, -0.2) is 8.78 Å². The van der Waals surface area contributed by atoms with Crippen LogP contribution in [-0.2, 0) is 0 Å². The monoisotopic (exact) mass is 279 g/mol. The van der Waals surface area contributed by atoms with E-state index in [1.165, 1.54) is 6.07 Å². The maximum Gasteiger partial charge on any atom is 0.160 e. The molecule has 19 heavy (non-hydrogen) atoms. The molecule has 0 bridgehead atoms. The minimum absolute atomic E-state index is 0.419. The second-order valence-electron chi connectivity index (χ2n) is 4.02. The van der Waals surface area contributed by atoms with Crippen molar-refractivity contribution in [3.63, 3.8) is 0 Å². The van der Waals surface area contributed by atoms with E-state index in [4.69, 9.17) is 11.6 Å². The highest BCUT2D eigenvalue weighted by molar-refractivity contribution is 6.31. The van der Waals surface area contributed by atoms with Crippen molar-refractivity contribution in [3.05, 3.63) is 53.1 Å². The number of hydrogen-bond donors (Lipinski definition) is 2. The maximum atomic E-state index is 13.1. The maximum absolute atomic E-state index is 13.1. The largest absolute Gasteiger partial charge is 0.338 e. The van der Waals surface area contributed by atoms with Gasteiger partial charge in [0.25, 0.3) is 0 Å². The van der Waals surface area contributed by atoms with E-state index in [1.54, 1.807) is 18.2 Å². The molecule has 0 atom stereocenters. The van der Waals surface area contributed by atoms with Crippen molar-refractivity contribution in [1.29, 1.82) is 0 Å². The lowest BCUT2D eigenvalue weighted by molar-refractivity contribution is 0.509. The van der Waals surface area contributed by atoms with Crippen LogP contribution in [0.25, 0.3) is 10.9 Å². The number of nitrogens with one attached hydrogen (secondary N) is 2. The summed E-state index contributed by atoms with van der Waals surface area (Å²) in [5.41, 5.74) is 1.18. The van der Waals surface area contributed by atoms with Crippen LogP contribution in [-0.4, -0.2) is 10.2 Å². The van der Waals surface area contributed by atoms with Crippen LogP contribution >= 0.6 is 11.6 Å². The number of hydrogen-bond acceptors (Lipinski definition) is 2. The SMILES string of the molecule is Fc1ccc(Nc2n[nH]c3cc(Cl)ccc23)cc1F. The number of anilines is 2. The van der Waals surface area contributed by atoms with Gasteiger partial charge in [0.05, 0.1) is 5.52 Å². The molecule has 0 fully saturated rings. The highest BCUT2D eigenvalue weighted by atomic mass is 35.5. The van der Waals surface area contributed by atoms with E-state index in [-0.39, 0.29) is 0 Å². The summed E-state index contributed by atoms with van der Waals surface area (Å²) in [6.45, 7) is 0. The first-order valence-electron chi connectivity index (χ1n) is 5.49. The molecule has 1 heterocycles. The molecular formula is C13H8ClF2N3. The molecular weight excluding hydrogens is 272 g/mol. The molecule has 2 N–H and O–H groups in total. The van der Waals surface area contributed by atoms with Gasteiger partial charge in [0.15, 0.2) is 17.5 Å². The van der Waals surface area contributed by atoms with Gasteiger partial charge in [-0.1, -0.05) is 11.6 Å². The van der Waals surface area contributed by atoms with E-state index in [2.05, 4.69) is 15.5 Å². The van der Waals surface area contributed by atoms with Crippen LogP contribution < -0.4 is 5.32 Å². The highest BCUT2D eigenvalue weighted by Gasteiger charge is 2.08. The average molecular weight is 280 g/mol. The summed E-state index contributed by atoms with van der Waals surface area (Å²) in [5, 5.41) is 11.2. The van der Waals surface area contributed by atoms with E-state index >= 15 is 0 Å². The van der Waals surface area contributed by atoms with Crippen molar-refractivity contribution in [2.75, 3.05) is 5.32 Å². The molecule has 0 radical (unpaired) electrons. The number of nitrogens with zero attached hydrogens (tertiary/aromatic N) is 1. The summed E-state index contributed by atoms with van der Waals surface area (Å²) in [5.74, 6) is -1.27. The van der Waals surface area contributed by atoms with Crippen LogP contribution in [0.5, 0.6) is 0 Å². The molecule has 0 amide bonds. The van der Waals surface area contributed by atoms with E-state index in [1.807, 2.05) is 0 Å². The van der Waals surface area contributed by atoms with Gasteiger partial charge >= 0.3 is 0 Å². The van der Waals surface area contributed by atoms with Crippen LogP contribution in [0.4, 0.5) is 20.3 Å². The number of fused-ring (bicyclic) bond motifs is 1. The molecule has 0 saturated carbocycles. The van der Waals surface area contributed by atoms with Crippen molar-refractivity contribution >= 4 is 34.0 Å². The predicted octanol–water partition coefficient (Wildman–Crippen LogP) is 4.24. The van der Waals surface area contributed by atoms with E-state index < -0.39 is 11.6 Å². The zero-order chi connectivity index (χ0) is 13.4. The second kappa shape index (κ2) is 4.51. The van der Waals surface area contributed by atoms with Gasteiger partial charge in [0.1, 0.15) is 0 Å². The minimum atomic E-state index is -0.909. The smallest absolute Gasteiger partial charge is 0.160 e. The third-order valence-corrected chi connectivity index (χ3v) is 2.94. The molecule has 96 valence electrons. The van der Waals surface area contributed by atoms with Gasteiger partial charge in [0, 0.05) is 22.2 Å². The van der Waals surface area contributed by atoms with Crippen molar-refractivity contribution in [2.24, 2.45) is 0 Å². The Kier molecular flexibility index (Phi) is 2.83. The van der Waals surface area contributed by atoms with Gasteiger partial charge in [-0.3, -0.25) is 5.10 Å². The fourth-order valence-corrected chi connectivity index (χ4v) is 1.97. The van der Waals surface area contributed by atoms with Crippen molar-refractivity contribution < 1.29 is 8.78 Å². The van der Waals surface area contributed by atoms with Crippen LogP contribution in [0, 0.1) is 11.6 Å². The Bertz CT molecular complexity index is 755. The summed E-state index contributed by atoms with van der Waals surface area (Å²) in [7, 11) is 0. The van der Waals surface area contributed by atoms with Gasteiger partial charge < -0.3 is 5.32 Å². The van der Waals surface area contributed by atoms with E-state index in [0.29, 0.717) is 16.5 Å². The van der Waals surface area contributed by atoms with Crippen molar-refractivity contribution in [1.82, 2.24) is 10.2 Å². The lowest BCUT2D eigenvalue weighted by atomic mass is 10.2. The lowest BCUT2D eigenvalue weighted by Crippen LogP contribution is -1.93. The molecule has 3 nitrogen and oxygen atoms in total. The molecule has 1 aromatic heterocycles. The molecule has 2 aromatic carbocycles. The first-order valence-corrected chi connectivity index (χ1v) is 5.87. The third kappa shape index (κ3) is 2.24. The standard InChI is InChI=1S/C13H8ClF2N3/c14-7-1-3-9-12(5-7)18-19-13(9)17-8-2-4-10(15)11(16)6-8/h1-6H,(H2,17,18,19). The summed E-state index contributed by atoms with van der Waals surface area (Å²) in [6.07, 6.45) is 0. The topological polar surface area (TPSA) is 40.7 Å². The zero-order valence-corrected chi connectivity index (χ0v) is 10.3. The van der Waals surface area contributed by atoms with Crippen LogP contribution in [0.15, 0.2) is 36.4 Å². The first-order chi connectivity index (χ1) is 9.13. The number of H-pyrrole nitrogens is 1. The number of rotatable bonds is 2. The molecule has 0 saturated heterocycles. The lowest BCUT2D eigenvalue weighted by Gasteiger charge is -2.04. The summed E-state index contributed by atoms with van der Waals surface area (Å²) in [4.78, 5) is 0. The van der Waals surface area contributed by atoms with E-state index in [9.17, 15) is 8.78 Å². The first kappa shape index (κ1) is 11.9. The molecule has 0 aliphatic rings. The average Bonchev–Trinajstić information content (AvgIpc) is 2.76. The summed E-state index contributed by atoms with van der Waals surface area (Å²) >= 11 is 5.87. The Hall–Kier alpha value is -2.14. The Morgan fingerprint density at radius 2 is 1.89 bits per heavy atom. The Labute approximate surface area is 112 Å². The normalized spacial score (nSPS) is 10.9. The van der Waals surface area contributed by atoms with Crippen LogP contribution in [0.3, 0.4) is 0 Å². The van der Waals surface area contributed by atoms with Gasteiger partial charge in [-0.15, -0.1) is 0 Å². The Balaban J connectivity index is 1.98. The number of halogens is 3. The molecule has 6 heteroatoms. The minimum Gasteiger partial charge on any atom is -0.338 e.